The number of rotatable bonds is 1. The zero-order chi connectivity index (χ0) is 11.8. The van der Waals surface area contributed by atoms with Crippen molar-refractivity contribution < 1.29 is 0 Å². The van der Waals surface area contributed by atoms with Crippen LogP contribution < -0.4 is 5.73 Å². The zero-order valence-corrected chi connectivity index (χ0v) is 9.59. The number of aromatic nitrogens is 3. The van der Waals surface area contributed by atoms with E-state index in [1.807, 2.05) is 24.4 Å². The molecule has 4 nitrogen and oxygen atoms in total. The summed E-state index contributed by atoms with van der Waals surface area (Å²) in [6.45, 7) is 0. The number of halogens is 1. The fourth-order valence-electron chi connectivity index (χ4n) is 1.75. The van der Waals surface area contributed by atoms with Crippen LogP contribution in [-0.2, 0) is 0 Å². The Bertz CT molecular complexity index is 690. The highest BCUT2D eigenvalue weighted by Crippen LogP contribution is 2.24. The van der Waals surface area contributed by atoms with Crippen molar-refractivity contribution >= 4 is 22.8 Å². The van der Waals surface area contributed by atoms with Crippen LogP contribution in [0.3, 0.4) is 0 Å². The maximum absolute atomic E-state index is 5.88. The molecule has 0 aliphatic rings. The van der Waals surface area contributed by atoms with E-state index in [1.165, 1.54) is 0 Å². The fourth-order valence-corrected chi connectivity index (χ4v) is 1.92. The van der Waals surface area contributed by atoms with Gasteiger partial charge in [-0.15, -0.1) is 0 Å². The van der Waals surface area contributed by atoms with Crippen molar-refractivity contribution in [3.8, 4) is 11.3 Å². The van der Waals surface area contributed by atoms with Crippen molar-refractivity contribution in [3.63, 3.8) is 0 Å². The summed E-state index contributed by atoms with van der Waals surface area (Å²) in [5, 5.41) is 4.71. The molecule has 3 aromatic rings. The number of nitrogens with zero attached hydrogens (tertiary/aromatic N) is 3. The number of hydrogen-bond acceptors (Lipinski definition) is 3. The van der Waals surface area contributed by atoms with Crippen molar-refractivity contribution in [2.75, 3.05) is 5.73 Å². The van der Waals surface area contributed by atoms with Crippen LogP contribution in [-0.4, -0.2) is 14.6 Å². The van der Waals surface area contributed by atoms with E-state index < -0.39 is 0 Å². The van der Waals surface area contributed by atoms with E-state index in [1.54, 1.807) is 22.8 Å². The molecule has 0 radical (unpaired) electrons. The predicted molar refractivity (Wildman–Crippen MR) is 67.8 cm³/mol. The monoisotopic (exact) mass is 244 g/mol. The van der Waals surface area contributed by atoms with E-state index in [9.17, 15) is 0 Å². The maximum Gasteiger partial charge on any atom is 0.129 e. The fraction of sp³-hybridized carbons (Fsp3) is 0. The maximum atomic E-state index is 5.88. The second-order valence-corrected chi connectivity index (χ2v) is 4.08. The van der Waals surface area contributed by atoms with E-state index in [0.717, 1.165) is 16.8 Å². The summed E-state index contributed by atoms with van der Waals surface area (Å²) >= 11 is 5.88. The summed E-state index contributed by atoms with van der Waals surface area (Å²) in [7, 11) is 0. The number of pyridine rings is 2. The molecule has 0 aromatic carbocycles. The molecule has 0 fully saturated rings. The van der Waals surface area contributed by atoms with Gasteiger partial charge in [-0.2, -0.15) is 5.10 Å². The molecular weight excluding hydrogens is 236 g/mol. The number of nitrogens with two attached hydrogens (primary N) is 1. The minimum atomic E-state index is 0.464. The van der Waals surface area contributed by atoms with Gasteiger partial charge < -0.3 is 5.73 Å². The average Bonchev–Trinajstić information content (AvgIpc) is 2.71. The molecule has 5 heteroatoms. The Kier molecular flexibility index (Phi) is 2.23. The summed E-state index contributed by atoms with van der Waals surface area (Å²) in [5.74, 6) is 0. The summed E-state index contributed by atoms with van der Waals surface area (Å²) < 4.78 is 1.76. The van der Waals surface area contributed by atoms with Crippen LogP contribution in [0.15, 0.2) is 42.7 Å². The van der Waals surface area contributed by atoms with Gasteiger partial charge in [0.2, 0.25) is 0 Å². The SMILES string of the molecule is Nc1ccn2ncc(-c3cccc(Cl)n3)c2c1. The first-order valence-electron chi connectivity index (χ1n) is 5.10. The first kappa shape index (κ1) is 10.1. The lowest BCUT2D eigenvalue weighted by Gasteiger charge is -2.00. The lowest BCUT2D eigenvalue weighted by atomic mass is 10.2. The normalized spacial score (nSPS) is 10.9. The number of fused-ring (bicyclic) bond motifs is 1. The summed E-state index contributed by atoms with van der Waals surface area (Å²) in [6.07, 6.45) is 3.58. The number of anilines is 1. The van der Waals surface area contributed by atoms with Crippen LogP contribution in [0, 0.1) is 0 Å². The Balaban J connectivity index is 2.27. The molecule has 0 atom stereocenters. The Morgan fingerprint density at radius 1 is 1.24 bits per heavy atom. The van der Waals surface area contributed by atoms with Crippen LogP contribution in [0.4, 0.5) is 5.69 Å². The molecule has 3 rings (SSSR count). The Morgan fingerprint density at radius 2 is 2.12 bits per heavy atom. The first-order chi connectivity index (χ1) is 8.24. The lowest BCUT2D eigenvalue weighted by molar-refractivity contribution is 0.962. The first-order valence-corrected chi connectivity index (χ1v) is 5.47. The van der Waals surface area contributed by atoms with Gasteiger partial charge in [0, 0.05) is 17.4 Å². The van der Waals surface area contributed by atoms with E-state index >= 15 is 0 Å². The van der Waals surface area contributed by atoms with Crippen LogP contribution in [0.1, 0.15) is 0 Å². The third kappa shape index (κ3) is 1.72. The molecule has 0 saturated heterocycles. The van der Waals surface area contributed by atoms with Gasteiger partial charge in [-0.1, -0.05) is 17.7 Å². The molecule has 0 spiro atoms. The van der Waals surface area contributed by atoms with Crippen LogP contribution in [0.5, 0.6) is 0 Å². The standard InChI is InChI=1S/C12H9ClN4/c13-12-3-1-2-10(16-12)9-7-15-17-5-4-8(14)6-11(9)17/h1-7H,14H2. The van der Waals surface area contributed by atoms with Gasteiger partial charge in [0.1, 0.15) is 5.15 Å². The summed E-state index contributed by atoms with van der Waals surface area (Å²) in [4.78, 5) is 4.27. The van der Waals surface area contributed by atoms with Crippen molar-refractivity contribution in [2.45, 2.75) is 0 Å². The minimum Gasteiger partial charge on any atom is -0.399 e. The number of nitrogen functional groups attached to an aromatic ring is 1. The van der Waals surface area contributed by atoms with E-state index in [0.29, 0.717) is 10.8 Å². The predicted octanol–water partition coefficient (Wildman–Crippen LogP) is 2.63. The van der Waals surface area contributed by atoms with E-state index in [-0.39, 0.29) is 0 Å². The largest absolute Gasteiger partial charge is 0.399 e. The molecule has 3 heterocycles. The van der Waals surface area contributed by atoms with E-state index in [2.05, 4.69) is 10.1 Å². The van der Waals surface area contributed by atoms with Crippen molar-refractivity contribution in [2.24, 2.45) is 0 Å². The third-order valence-electron chi connectivity index (χ3n) is 2.54. The molecule has 2 N–H and O–H groups in total. The topological polar surface area (TPSA) is 56.2 Å². The zero-order valence-electron chi connectivity index (χ0n) is 8.84. The Morgan fingerprint density at radius 3 is 2.94 bits per heavy atom. The molecule has 3 aromatic heterocycles. The molecule has 0 saturated carbocycles. The average molecular weight is 245 g/mol. The lowest BCUT2D eigenvalue weighted by Crippen LogP contribution is -1.90. The van der Waals surface area contributed by atoms with Gasteiger partial charge in [-0.05, 0) is 24.3 Å². The summed E-state index contributed by atoms with van der Waals surface area (Å²) in [6, 6.07) is 9.16. The second-order valence-electron chi connectivity index (χ2n) is 3.69. The molecule has 17 heavy (non-hydrogen) atoms. The van der Waals surface area contributed by atoms with Gasteiger partial charge in [0.15, 0.2) is 0 Å². The van der Waals surface area contributed by atoms with E-state index in [4.69, 9.17) is 17.3 Å². The Labute approximate surface area is 103 Å². The highest BCUT2D eigenvalue weighted by molar-refractivity contribution is 6.29. The van der Waals surface area contributed by atoms with Gasteiger partial charge in [-0.3, -0.25) is 0 Å². The quantitative estimate of drug-likeness (QED) is 0.670. The number of hydrogen-bond donors (Lipinski definition) is 1. The van der Waals surface area contributed by atoms with Crippen LogP contribution in [0.2, 0.25) is 5.15 Å². The summed E-state index contributed by atoms with van der Waals surface area (Å²) in [5.41, 5.74) is 9.09. The van der Waals surface area contributed by atoms with Crippen molar-refractivity contribution in [1.29, 1.82) is 0 Å². The van der Waals surface area contributed by atoms with Gasteiger partial charge in [0.25, 0.3) is 0 Å². The molecule has 0 aliphatic carbocycles. The molecule has 0 unspecified atom stereocenters. The highest BCUT2D eigenvalue weighted by Gasteiger charge is 2.08. The molecule has 0 aliphatic heterocycles. The van der Waals surface area contributed by atoms with Gasteiger partial charge >= 0.3 is 0 Å². The molecule has 0 bridgehead atoms. The second kappa shape index (κ2) is 3.75. The highest BCUT2D eigenvalue weighted by atomic mass is 35.5. The van der Waals surface area contributed by atoms with Crippen LogP contribution >= 0.6 is 11.6 Å². The van der Waals surface area contributed by atoms with Crippen LogP contribution in [0.25, 0.3) is 16.8 Å². The molecular formula is C12H9ClN4. The van der Waals surface area contributed by atoms with Gasteiger partial charge in [-0.25, -0.2) is 9.50 Å². The smallest absolute Gasteiger partial charge is 0.129 e. The third-order valence-corrected chi connectivity index (χ3v) is 2.75. The van der Waals surface area contributed by atoms with Gasteiger partial charge in [0.05, 0.1) is 17.4 Å². The molecule has 84 valence electrons. The Hall–Kier alpha value is -2.07. The molecule has 0 amide bonds. The van der Waals surface area contributed by atoms with Crippen molar-refractivity contribution in [3.05, 3.63) is 47.9 Å². The van der Waals surface area contributed by atoms with Crippen molar-refractivity contribution in [1.82, 2.24) is 14.6 Å². The minimum absolute atomic E-state index is 0.464.